The summed E-state index contributed by atoms with van der Waals surface area (Å²) < 4.78 is 11.4. The molecule has 0 radical (unpaired) electrons. The normalized spacial score (nSPS) is 10.6. The summed E-state index contributed by atoms with van der Waals surface area (Å²) in [4.78, 5) is 15.9. The fourth-order valence-corrected chi connectivity index (χ4v) is 2.74. The van der Waals surface area contributed by atoms with Crippen molar-refractivity contribution in [3.63, 3.8) is 0 Å². The Labute approximate surface area is 153 Å². The molecule has 134 valence electrons. The molecule has 0 aliphatic rings. The van der Waals surface area contributed by atoms with E-state index in [0.29, 0.717) is 30.3 Å². The molecule has 5 nitrogen and oxygen atoms in total. The summed E-state index contributed by atoms with van der Waals surface area (Å²) in [5.74, 6) is 1.44. The summed E-state index contributed by atoms with van der Waals surface area (Å²) in [6.07, 6.45) is 1.75. The highest BCUT2D eigenvalue weighted by molar-refractivity contribution is 5.96. The van der Waals surface area contributed by atoms with Crippen LogP contribution in [0, 0.1) is 0 Å². The van der Waals surface area contributed by atoms with E-state index in [0.717, 1.165) is 22.3 Å². The van der Waals surface area contributed by atoms with Crippen molar-refractivity contribution in [1.82, 2.24) is 4.98 Å². The van der Waals surface area contributed by atoms with E-state index in [1.807, 2.05) is 56.3 Å². The number of nitrogens with zero attached hydrogens (tertiary/aromatic N) is 1. The fraction of sp³-hybridized carbons (Fsp3) is 0.238. The van der Waals surface area contributed by atoms with E-state index in [1.165, 1.54) is 0 Å². The predicted molar refractivity (Wildman–Crippen MR) is 104 cm³/mol. The molecular weight excluding hydrogens is 328 g/mol. The van der Waals surface area contributed by atoms with E-state index in [4.69, 9.17) is 9.47 Å². The lowest BCUT2D eigenvalue weighted by Crippen LogP contribution is -2.00. The van der Waals surface area contributed by atoms with Gasteiger partial charge in [0.05, 0.1) is 18.7 Å². The van der Waals surface area contributed by atoms with Crippen molar-refractivity contribution in [3.05, 3.63) is 54.2 Å². The third kappa shape index (κ3) is 3.77. The van der Waals surface area contributed by atoms with Crippen LogP contribution in [0.3, 0.4) is 0 Å². The largest absolute Gasteiger partial charge is 0.490 e. The van der Waals surface area contributed by atoms with Gasteiger partial charge in [-0.05, 0) is 57.2 Å². The van der Waals surface area contributed by atoms with Crippen LogP contribution in [0.2, 0.25) is 0 Å². The second-order valence-electron chi connectivity index (χ2n) is 5.80. The standard InChI is InChI=1S/C21H22N2O3/c1-4-25-20-12-17-18(10-11-22-19(17)13-21(20)26-5-2)23-16-8-6-15(7-9-16)14(3)24/h6-13H,4-5H2,1-3H3,(H,22,23). The lowest BCUT2D eigenvalue weighted by atomic mass is 10.1. The number of ketones is 1. The lowest BCUT2D eigenvalue weighted by Gasteiger charge is -2.14. The van der Waals surface area contributed by atoms with Crippen molar-refractivity contribution in [3.8, 4) is 11.5 Å². The third-order valence-corrected chi connectivity index (χ3v) is 3.98. The highest BCUT2D eigenvalue weighted by Gasteiger charge is 2.11. The smallest absolute Gasteiger partial charge is 0.163 e. The number of Topliss-reactive ketones (excluding diaryl/α,β-unsaturated/α-hetero) is 1. The van der Waals surface area contributed by atoms with Crippen molar-refractivity contribution in [2.45, 2.75) is 20.8 Å². The zero-order valence-corrected chi connectivity index (χ0v) is 15.2. The quantitative estimate of drug-likeness (QED) is 0.609. The van der Waals surface area contributed by atoms with Crippen LogP contribution in [-0.4, -0.2) is 24.0 Å². The van der Waals surface area contributed by atoms with Crippen LogP contribution in [0.15, 0.2) is 48.7 Å². The van der Waals surface area contributed by atoms with Crippen molar-refractivity contribution < 1.29 is 14.3 Å². The van der Waals surface area contributed by atoms with Gasteiger partial charge in [-0.25, -0.2) is 0 Å². The minimum Gasteiger partial charge on any atom is -0.490 e. The number of rotatable bonds is 7. The summed E-state index contributed by atoms with van der Waals surface area (Å²) in [5, 5.41) is 4.33. The van der Waals surface area contributed by atoms with Gasteiger partial charge in [-0.1, -0.05) is 0 Å². The van der Waals surface area contributed by atoms with Crippen LogP contribution < -0.4 is 14.8 Å². The zero-order valence-electron chi connectivity index (χ0n) is 15.2. The van der Waals surface area contributed by atoms with Gasteiger partial charge < -0.3 is 14.8 Å². The molecule has 1 N–H and O–H groups in total. The van der Waals surface area contributed by atoms with Crippen LogP contribution in [-0.2, 0) is 0 Å². The van der Waals surface area contributed by atoms with Gasteiger partial charge in [-0.2, -0.15) is 0 Å². The van der Waals surface area contributed by atoms with E-state index in [2.05, 4.69) is 10.3 Å². The molecule has 26 heavy (non-hydrogen) atoms. The van der Waals surface area contributed by atoms with Crippen molar-refractivity contribution in [2.75, 3.05) is 18.5 Å². The van der Waals surface area contributed by atoms with Gasteiger partial charge >= 0.3 is 0 Å². The van der Waals surface area contributed by atoms with E-state index < -0.39 is 0 Å². The number of hydrogen-bond acceptors (Lipinski definition) is 5. The predicted octanol–water partition coefficient (Wildman–Crippen LogP) is 4.98. The first kappa shape index (κ1) is 17.7. The van der Waals surface area contributed by atoms with Gasteiger partial charge in [0.2, 0.25) is 0 Å². The Balaban J connectivity index is 1.99. The second kappa shape index (κ2) is 7.87. The molecule has 0 saturated carbocycles. The number of carbonyl (C=O) groups excluding carboxylic acids is 1. The molecule has 0 unspecified atom stereocenters. The van der Waals surface area contributed by atoms with Gasteiger partial charge in [0.1, 0.15) is 0 Å². The topological polar surface area (TPSA) is 60.5 Å². The van der Waals surface area contributed by atoms with E-state index in [1.54, 1.807) is 13.1 Å². The molecule has 0 fully saturated rings. The Morgan fingerprint density at radius 2 is 1.65 bits per heavy atom. The van der Waals surface area contributed by atoms with Crippen molar-refractivity contribution >= 4 is 28.1 Å². The van der Waals surface area contributed by atoms with Crippen LogP contribution in [0.25, 0.3) is 10.9 Å². The van der Waals surface area contributed by atoms with E-state index in [9.17, 15) is 4.79 Å². The van der Waals surface area contributed by atoms with Crippen molar-refractivity contribution in [1.29, 1.82) is 0 Å². The first-order valence-electron chi connectivity index (χ1n) is 8.68. The van der Waals surface area contributed by atoms with Crippen LogP contribution >= 0.6 is 0 Å². The maximum Gasteiger partial charge on any atom is 0.163 e. The van der Waals surface area contributed by atoms with Gasteiger partial charge in [-0.15, -0.1) is 0 Å². The first-order valence-corrected chi connectivity index (χ1v) is 8.68. The number of hydrogen-bond donors (Lipinski definition) is 1. The molecule has 5 heteroatoms. The molecule has 0 atom stereocenters. The molecule has 1 aromatic heterocycles. The lowest BCUT2D eigenvalue weighted by molar-refractivity contribution is 0.101. The summed E-state index contributed by atoms with van der Waals surface area (Å²) in [6.45, 7) is 6.56. The number of fused-ring (bicyclic) bond motifs is 1. The molecule has 0 saturated heterocycles. The van der Waals surface area contributed by atoms with Crippen LogP contribution in [0.1, 0.15) is 31.1 Å². The maximum atomic E-state index is 11.4. The zero-order chi connectivity index (χ0) is 18.5. The van der Waals surface area contributed by atoms with Crippen molar-refractivity contribution in [2.24, 2.45) is 0 Å². The maximum absolute atomic E-state index is 11.4. The van der Waals surface area contributed by atoms with E-state index >= 15 is 0 Å². The van der Waals surface area contributed by atoms with Gasteiger partial charge in [0.25, 0.3) is 0 Å². The number of aromatic nitrogens is 1. The number of ether oxygens (including phenoxy) is 2. The Bertz CT molecular complexity index is 920. The molecule has 0 spiro atoms. The molecule has 0 aliphatic carbocycles. The summed E-state index contributed by atoms with van der Waals surface area (Å²) in [6, 6.07) is 13.2. The Kier molecular flexibility index (Phi) is 5.37. The Morgan fingerprint density at radius 1 is 1.00 bits per heavy atom. The molecule has 1 heterocycles. The van der Waals surface area contributed by atoms with E-state index in [-0.39, 0.29) is 5.78 Å². The SMILES string of the molecule is CCOc1cc2nccc(Nc3ccc(C(C)=O)cc3)c2cc1OCC. The fourth-order valence-electron chi connectivity index (χ4n) is 2.74. The molecule has 0 bridgehead atoms. The first-order chi connectivity index (χ1) is 12.6. The highest BCUT2D eigenvalue weighted by Crippen LogP contribution is 2.35. The molecule has 0 amide bonds. The molecule has 0 aliphatic heterocycles. The second-order valence-corrected chi connectivity index (χ2v) is 5.80. The van der Waals surface area contributed by atoms with Gasteiger partial charge in [0, 0.05) is 34.6 Å². The Morgan fingerprint density at radius 3 is 2.27 bits per heavy atom. The Hall–Kier alpha value is -3.08. The number of carbonyl (C=O) groups is 1. The highest BCUT2D eigenvalue weighted by atomic mass is 16.5. The minimum atomic E-state index is 0.0516. The molecule has 3 aromatic rings. The minimum absolute atomic E-state index is 0.0516. The number of pyridine rings is 1. The number of anilines is 2. The molecule has 2 aromatic carbocycles. The molecular formula is C21H22N2O3. The van der Waals surface area contributed by atoms with Gasteiger partial charge in [-0.3, -0.25) is 9.78 Å². The third-order valence-electron chi connectivity index (χ3n) is 3.98. The average Bonchev–Trinajstić information content (AvgIpc) is 2.63. The summed E-state index contributed by atoms with van der Waals surface area (Å²) in [5.41, 5.74) is 3.32. The monoisotopic (exact) mass is 350 g/mol. The average molecular weight is 350 g/mol. The number of nitrogens with one attached hydrogen (secondary N) is 1. The summed E-state index contributed by atoms with van der Waals surface area (Å²) in [7, 11) is 0. The molecule has 3 rings (SSSR count). The van der Waals surface area contributed by atoms with Gasteiger partial charge in [0.15, 0.2) is 17.3 Å². The van der Waals surface area contributed by atoms with Crippen LogP contribution in [0.4, 0.5) is 11.4 Å². The number of benzene rings is 2. The summed E-state index contributed by atoms with van der Waals surface area (Å²) >= 11 is 0. The van der Waals surface area contributed by atoms with Crippen LogP contribution in [0.5, 0.6) is 11.5 Å².